The van der Waals surface area contributed by atoms with Gasteiger partial charge in [0.25, 0.3) is 0 Å². The molecule has 0 heterocycles. The van der Waals surface area contributed by atoms with Crippen LogP contribution in [0.4, 0.5) is 8.78 Å². The molecule has 0 bridgehead atoms. The summed E-state index contributed by atoms with van der Waals surface area (Å²) in [7, 11) is 0. The quantitative estimate of drug-likeness (QED) is 0.0514. The highest BCUT2D eigenvalue weighted by Crippen LogP contribution is 2.37. The van der Waals surface area contributed by atoms with Crippen molar-refractivity contribution in [3.8, 4) is 23.7 Å². The molecule has 2 saturated carbocycles. The van der Waals surface area contributed by atoms with Gasteiger partial charge in [0.1, 0.15) is 11.6 Å². The molecule has 2 aliphatic rings. The third-order valence-corrected chi connectivity index (χ3v) is 14.8. The largest absolute Gasteiger partial charge is 0.207 e. The fraction of sp³-hybridized carbons (Fsp3) is 0.569. The van der Waals surface area contributed by atoms with E-state index in [0.717, 1.165) is 99.3 Å². The molecule has 0 aliphatic heterocycles. The molecule has 2 aliphatic carbocycles. The normalized spacial score (nSPS) is 17.9. The van der Waals surface area contributed by atoms with Gasteiger partial charge in [-0.05, 0) is 172 Å². The predicted octanol–water partition coefficient (Wildman–Crippen LogP) is 19.2. The van der Waals surface area contributed by atoms with Crippen LogP contribution in [0.15, 0.2) is 84.9 Å². The van der Waals surface area contributed by atoms with Crippen LogP contribution in [0.3, 0.4) is 0 Å². The fourth-order valence-corrected chi connectivity index (χ4v) is 10.3. The number of hydrogen-bond donors (Lipinski definition) is 0. The molecule has 4 aromatic rings. The van der Waals surface area contributed by atoms with E-state index in [1.165, 1.54) is 131 Å². The lowest BCUT2D eigenvalue weighted by Crippen LogP contribution is -2.12. The van der Waals surface area contributed by atoms with Crippen molar-refractivity contribution in [2.75, 3.05) is 0 Å². The van der Waals surface area contributed by atoms with E-state index >= 15 is 0 Å². The van der Waals surface area contributed by atoms with Crippen molar-refractivity contribution in [3.05, 3.63) is 141 Å². The van der Waals surface area contributed by atoms with Gasteiger partial charge in [-0.2, -0.15) is 0 Å². The van der Waals surface area contributed by atoms with E-state index in [1.54, 1.807) is 12.1 Å². The first-order valence-corrected chi connectivity index (χ1v) is 27.7. The summed E-state index contributed by atoms with van der Waals surface area (Å²) in [5, 5.41) is 0. The molecule has 362 valence electrons. The Hall–Kier alpha value is -4.14. The molecule has 0 N–H and O–H groups in total. The first kappa shape index (κ1) is 53.8. The maximum absolute atomic E-state index is 14.4. The molecule has 0 amide bonds. The van der Waals surface area contributed by atoms with Crippen molar-refractivity contribution >= 4 is 0 Å². The standard InChI is InChI=1S/C33H45F.C32H43F/c1-3-5-7-8-9-11-12-27-16-21-30(22-17-27)31-23-18-28(19-24-31)14-15-29-20-25-32(33(34)26-29)13-10-6-4-2;1-3-5-7-8-10-11-26-15-20-29(21-16-26)30-22-17-27(18-23-30)13-14-28-19-24-31(32(33)25-28)12-9-6-4-2/h16-17,20-22,25-26,28,31H,3-13,18-19,23-24H2,1-2H3;15-16,19-21,24-25,27,30H,3-12,17-18,22-23H2,1-2H3/t28-,31-;27-,30-. The molecule has 67 heavy (non-hydrogen) atoms. The van der Waals surface area contributed by atoms with E-state index in [0.29, 0.717) is 23.7 Å². The van der Waals surface area contributed by atoms with Gasteiger partial charge in [0, 0.05) is 23.0 Å². The van der Waals surface area contributed by atoms with Crippen molar-refractivity contribution < 1.29 is 8.78 Å². The maximum atomic E-state index is 14.4. The minimum absolute atomic E-state index is 0.0912. The van der Waals surface area contributed by atoms with Gasteiger partial charge in [0.2, 0.25) is 0 Å². The number of rotatable bonds is 23. The van der Waals surface area contributed by atoms with Crippen LogP contribution < -0.4 is 0 Å². The minimum atomic E-state index is -0.0917. The smallest absolute Gasteiger partial charge is 0.127 e. The Kier molecular flexibility index (Phi) is 25.6. The van der Waals surface area contributed by atoms with Crippen molar-refractivity contribution in [1.29, 1.82) is 0 Å². The van der Waals surface area contributed by atoms with Gasteiger partial charge in [0.05, 0.1) is 0 Å². The molecule has 0 nitrogen and oxygen atoms in total. The summed E-state index contributed by atoms with van der Waals surface area (Å²) in [6.07, 6.45) is 35.2. The van der Waals surface area contributed by atoms with Gasteiger partial charge in [-0.1, -0.05) is 196 Å². The number of aryl methyl sites for hydroxylation is 4. The minimum Gasteiger partial charge on any atom is -0.207 e. The lowest BCUT2D eigenvalue weighted by Gasteiger charge is -2.26. The zero-order chi connectivity index (χ0) is 47.3. The Bertz CT molecular complexity index is 2070. The lowest BCUT2D eigenvalue weighted by molar-refractivity contribution is 0.384. The molecule has 2 fully saturated rings. The molecule has 4 aromatic carbocycles. The van der Waals surface area contributed by atoms with Gasteiger partial charge in [-0.25, -0.2) is 8.78 Å². The lowest BCUT2D eigenvalue weighted by atomic mass is 9.78. The molecular weight excluding hydrogens is 819 g/mol. The first-order valence-electron chi connectivity index (χ1n) is 27.7. The molecule has 0 radical (unpaired) electrons. The Labute approximate surface area is 409 Å². The van der Waals surface area contributed by atoms with Crippen LogP contribution in [0.25, 0.3) is 0 Å². The molecule has 0 unspecified atom stereocenters. The van der Waals surface area contributed by atoms with Crippen LogP contribution in [0.5, 0.6) is 0 Å². The van der Waals surface area contributed by atoms with Crippen LogP contribution in [0, 0.1) is 47.2 Å². The van der Waals surface area contributed by atoms with E-state index in [2.05, 4.69) is 99.9 Å². The molecule has 0 aromatic heterocycles. The number of hydrogen-bond acceptors (Lipinski definition) is 0. The highest BCUT2D eigenvalue weighted by Gasteiger charge is 2.22. The van der Waals surface area contributed by atoms with E-state index in [9.17, 15) is 8.78 Å². The Morgan fingerprint density at radius 1 is 0.373 bits per heavy atom. The molecular formula is C65H88F2. The fourth-order valence-electron chi connectivity index (χ4n) is 10.3. The summed E-state index contributed by atoms with van der Waals surface area (Å²) in [6, 6.07) is 30.0. The zero-order valence-corrected chi connectivity index (χ0v) is 42.7. The molecule has 6 rings (SSSR count). The highest BCUT2D eigenvalue weighted by molar-refractivity contribution is 5.39. The first-order chi connectivity index (χ1) is 32.9. The van der Waals surface area contributed by atoms with Crippen LogP contribution in [-0.4, -0.2) is 0 Å². The Balaban J connectivity index is 0.000000251. The van der Waals surface area contributed by atoms with Crippen LogP contribution in [-0.2, 0) is 25.7 Å². The van der Waals surface area contributed by atoms with Crippen LogP contribution >= 0.6 is 0 Å². The predicted molar refractivity (Wildman–Crippen MR) is 285 cm³/mol. The van der Waals surface area contributed by atoms with Gasteiger partial charge < -0.3 is 0 Å². The zero-order valence-electron chi connectivity index (χ0n) is 42.7. The van der Waals surface area contributed by atoms with Gasteiger partial charge in [0.15, 0.2) is 0 Å². The summed E-state index contributed by atoms with van der Waals surface area (Å²) < 4.78 is 28.7. The molecule has 2 heteroatoms. The molecule has 0 saturated heterocycles. The highest BCUT2D eigenvalue weighted by atomic mass is 19.1. The van der Waals surface area contributed by atoms with Crippen LogP contribution in [0.1, 0.15) is 245 Å². The second-order valence-electron chi connectivity index (χ2n) is 20.3. The van der Waals surface area contributed by atoms with Crippen molar-refractivity contribution in [2.24, 2.45) is 11.8 Å². The topological polar surface area (TPSA) is 0 Å². The van der Waals surface area contributed by atoms with Gasteiger partial charge in [-0.15, -0.1) is 0 Å². The van der Waals surface area contributed by atoms with E-state index < -0.39 is 0 Å². The third kappa shape index (κ3) is 20.2. The summed E-state index contributed by atoms with van der Waals surface area (Å²) >= 11 is 0. The maximum Gasteiger partial charge on any atom is 0.127 e. The van der Waals surface area contributed by atoms with E-state index in [1.807, 2.05) is 24.3 Å². The van der Waals surface area contributed by atoms with Gasteiger partial charge in [-0.3, -0.25) is 0 Å². The average molecular weight is 907 g/mol. The van der Waals surface area contributed by atoms with Crippen molar-refractivity contribution in [1.82, 2.24) is 0 Å². The summed E-state index contributed by atoms with van der Waals surface area (Å²) in [4.78, 5) is 0. The second kappa shape index (κ2) is 31.8. The molecule has 0 atom stereocenters. The average Bonchev–Trinajstić information content (AvgIpc) is 3.36. The summed E-state index contributed by atoms with van der Waals surface area (Å²) in [6.45, 7) is 8.90. The number of unbranched alkanes of at least 4 members (excludes halogenated alkanes) is 13. The summed E-state index contributed by atoms with van der Waals surface area (Å²) in [5.74, 6) is 15.4. The SMILES string of the molecule is CCCCCCCCc1ccc([C@H]2CC[C@H](C#Cc3ccc(CCCCC)c(F)c3)CC2)cc1.CCCCCCCc1ccc([C@H]2CC[C@H](C#Cc3ccc(CCCCC)c(F)c3)CC2)cc1. The third-order valence-electron chi connectivity index (χ3n) is 14.8. The van der Waals surface area contributed by atoms with Crippen molar-refractivity contribution in [3.63, 3.8) is 0 Å². The number of halogens is 2. The van der Waals surface area contributed by atoms with E-state index in [-0.39, 0.29) is 11.6 Å². The molecule has 0 spiro atoms. The van der Waals surface area contributed by atoms with Crippen LogP contribution in [0.2, 0.25) is 0 Å². The Morgan fingerprint density at radius 3 is 1.06 bits per heavy atom. The summed E-state index contributed by atoms with van der Waals surface area (Å²) in [5.41, 5.74) is 9.27. The van der Waals surface area contributed by atoms with Crippen molar-refractivity contribution in [2.45, 2.75) is 226 Å². The van der Waals surface area contributed by atoms with Gasteiger partial charge >= 0.3 is 0 Å². The number of benzene rings is 4. The van der Waals surface area contributed by atoms with E-state index in [4.69, 9.17) is 0 Å². The Morgan fingerprint density at radius 2 is 0.701 bits per heavy atom. The second-order valence-corrected chi connectivity index (χ2v) is 20.3. The monoisotopic (exact) mass is 907 g/mol.